The van der Waals surface area contributed by atoms with Crippen molar-refractivity contribution in [1.29, 1.82) is 5.26 Å². The van der Waals surface area contributed by atoms with Gasteiger partial charge in [-0.05, 0) is 24.3 Å². The molecule has 0 fully saturated rings. The molecule has 1 heterocycles. The van der Waals surface area contributed by atoms with Gasteiger partial charge in [0.05, 0.1) is 27.7 Å². The van der Waals surface area contributed by atoms with Gasteiger partial charge in [-0.1, -0.05) is 12.1 Å². The molecule has 3 rings (SSSR count). The number of nitro benzene ring substituents is 1. The lowest BCUT2D eigenvalue weighted by molar-refractivity contribution is -0.384. The number of hydrogen-bond donors (Lipinski definition) is 0. The van der Waals surface area contributed by atoms with Crippen molar-refractivity contribution < 1.29 is 14.5 Å². The van der Waals surface area contributed by atoms with Crippen LogP contribution in [0, 0.1) is 21.4 Å². The SMILES string of the molecule is N#Cc1ccc(N2C(=O)c3ccccc3C2=O)c([N+](=O)[O-])c1. The summed E-state index contributed by atoms with van der Waals surface area (Å²) in [7, 11) is 0. The molecule has 0 atom stereocenters. The first-order valence-electron chi connectivity index (χ1n) is 6.21. The molecule has 0 N–H and O–H groups in total. The van der Waals surface area contributed by atoms with Crippen LogP contribution in [0.5, 0.6) is 0 Å². The third-order valence-corrected chi connectivity index (χ3v) is 3.34. The summed E-state index contributed by atoms with van der Waals surface area (Å²) in [6.45, 7) is 0. The van der Waals surface area contributed by atoms with Gasteiger partial charge in [0.2, 0.25) is 0 Å². The molecule has 2 aromatic rings. The lowest BCUT2D eigenvalue weighted by Crippen LogP contribution is -2.30. The molecule has 0 bridgehead atoms. The largest absolute Gasteiger partial charge is 0.294 e. The number of hydrogen-bond acceptors (Lipinski definition) is 5. The number of nitro groups is 1. The number of nitriles is 1. The number of imide groups is 1. The van der Waals surface area contributed by atoms with Crippen LogP contribution in [0.4, 0.5) is 11.4 Å². The molecule has 2 amide bonds. The fraction of sp³-hybridized carbons (Fsp3) is 0. The second-order valence-corrected chi connectivity index (χ2v) is 4.56. The molecule has 22 heavy (non-hydrogen) atoms. The van der Waals surface area contributed by atoms with E-state index in [9.17, 15) is 19.7 Å². The van der Waals surface area contributed by atoms with Crippen LogP contribution < -0.4 is 4.90 Å². The van der Waals surface area contributed by atoms with E-state index in [2.05, 4.69) is 0 Å². The molecule has 0 unspecified atom stereocenters. The summed E-state index contributed by atoms with van der Waals surface area (Å²) in [5.74, 6) is -1.23. The molecule has 0 aromatic heterocycles. The molecule has 7 heteroatoms. The molecule has 0 saturated heterocycles. The molecular formula is C15H7N3O4. The maximum atomic E-state index is 12.4. The molecule has 0 aliphatic carbocycles. The molecule has 7 nitrogen and oxygen atoms in total. The van der Waals surface area contributed by atoms with Crippen LogP contribution in [-0.4, -0.2) is 16.7 Å². The van der Waals surface area contributed by atoms with Crippen LogP contribution in [0.25, 0.3) is 0 Å². The fourth-order valence-corrected chi connectivity index (χ4v) is 2.34. The zero-order valence-corrected chi connectivity index (χ0v) is 11.0. The third-order valence-electron chi connectivity index (χ3n) is 3.34. The van der Waals surface area contributed by atoms with Gasteiger partial charge in [-0.15, -0.1) is 0 Å². The highest BCUT2D eigenvalue weighted by Gasteiger charge is 2.39. The summed E-state index contributed by atoms with van der Waals surface area (Å²) in [6.07, 6.45) is 0. The van der Waals surface area contributed by atoms with E-state index in [1.165, 1.54) is 24.3 Å². The van der Waals surface area contributed by atoms with Gasteiger partial charge in [0, 0.05) is 6.07 Å². The lowest BCUT2D eigenvalue weighted by atomic mass is 10.1. The average Bonchev–Trinajstić information content (AvgIpc) is 2.79. The smallest absolute Gasteiger partial charge is 0.268 e. The highest BCUT2D eigenvalue weighted by Crippen LogP contribution is 2.35. The molecule has 1 aliphatic heterocycles. The van der Waals surface area contributed by atoms with Crippen molar-refractivity contribution in [2.75, 3.05) is 4.90 Å². The first-order valence-corrected chi connectivity index (χ1v) is 6.21. The number of nitrogens with zero attached hydrogens (tertiary/aromatic N) is 3. The molecule has 0 saturated carbocycles. The maximum Gasteiger partial charge on any atom is 0.294 e. The lowest BCUT2D eigenvalue weighted by Gasteiger charge is -2.13. The van der Waals surface area contributed by atoms with Crippen LogP contribution in [0.1, 0.15) is 26.3 Å². The predicted octanol–water partition coefficient (Wildman–Crippen LogP) is 2.27. The summed E-state index contributed by atoms with van der Waals surface area (Å²) in [6, 6.07) is 11.6. The Morgan fingerprint density at radius 2 is 1.64 bits per heavy atom. The Kier molecular flexibility index (Phi) is 2.93. The zero-order chi connectivity index (χ0) is 15.9. The molecule has 0 radical (unpaired) electrons. The second kappa shape index (κ2) is 4.79. The minimum absolute atomic E-state index is 0.0760. The highest BCUT2D eigenvalue weighted by molar-refractivity contribution is 6.35. The Labute approximate surface area is 124 Å². The topological polar surface area (TPSA) is 104 Å². The molecule has 2 aromatic carbocycles. The van der Waals surface area contributed by atoms with Crippen molar-refractivity contribution in [3.05, 3.63) is 69.3 Å². The first kappa shape index (κ1) is 13.5. The van der Waals surface area contributed by atoms with E-state index in [0.717, 1.165) is 11.0 Å². The number of carbonyl (C=O) groups excluding carboxylic acids is 2. The molecule has 0 spiro atoms. The molecule has 1 aliphatic rings. The Hall–Kier alpha value is -3.53. The number of fused-ring (bicyclic) bond motifs is 1. The van der Waals surface area contributed by atoms with Crippen molar-refractivity contribution in [3.8, 4) is 6.07 Å². The monoisotopic (exact) mass is 293 g/mol. The van der Waals surface area contributed by atoms with Crippen molar-refractivity contribution in [2.24, 2.45) is 0 Å². The van der Waals surface area contributed by atoms with Gasteiger partial charge in [-0.3, -0.25) is 19.7 Å². The Balaban J connectivity index is 2.18. The quantitative estimate of drug-likeness (QED) is 0.480. The van der Waals surface area contributed by atoms with Crippen LogP contribution in [0.15, 0.2) is 42.5 Å². The normalized spacial score (nSPS) is 13.0. The van der Waals surface area contributed by atoms with E-state index in [-0.39, 0.29) is 22.4 Å². The number of anilines is 1. The highest BCUT2D eigenvalue weighted by atomic mass is 16.6. The summed E-state index contributed by atoms with van der Waals surface area (Å²) in [5, 5.41) is 20.0. The predicted molar refractivity (Wildman–Crippen MR) is 75.4 cm³/mol. The van der Waals surface area contributed by atoms with Gasteiger partial charge in [-0.2, -0.15) is 5.26 Å². The van der Waals surface area contributed by atoms with Gasteiger partial charge in [0.25, 0.3) is 17.5 Å². The van der Waals surface area contributed by atoms with Gasteiger partial charge >= 0.3 is 0 Å². The molecular weight excluding hydrogens is 286 g/mol. The van der Waals surface area contributed by atoms with E-state index in [0.29, 0.717) is 0 Å². The van der Waals surface area contributed by atoms with Crippen molar-refractivity contribution in [3.63, 3.8) is 0 Å². The number of amides is 2. The van der Waals surface area contributed by atoms with Gasteiger partial charge in [0.15, 0.2) is 0 Å². The number of rotatable bonds is 2. The fourth-order valence-electron chi connectivity index (χ4n) is 2.34. The standard InChI is InChI=1S/C15H7N3O4/c16-8-9-5-6-12(13(7-9)18(21)22)17-14(19)10-3-1-2-4-11(10)15(17)20/h1-7H. The minimum atomic E-state index is -0.723. The van der Waals surface area contributed by atoms with Gasteiger partial charge < -0.3 is 0 Å². The van der Waals surface area contributed by atoms with E-state index in [1.807, 2.05) is 0 Å². The van der Waals surface area contributed by atoms with E-state index in [1.54, 1.807) is 18.2 Å². The molecule has 106 valence electrons. The van der Waals surface area contributed by atoms with Gasteiger partial charge in [0.1, 0.15) is 5.69 Å². The summed E-state index contributed by atoms with van der Waals surface area (Å²) in [5.41, 5.74) is -0.131. The van der Waals surface area contributed by atoms with Crippen LogP contribution >= 0.6 is 0 Å². The number of benzene rings is 2. The number of carbonyl (C=O) groups is 2. The van der Waals surface area contributed by atoms with Crippen molar-refractivity contribution >= 4 is 23.2 Å². The van der Waals surface area contributed by atoms with E-state index >= 15 is 0 Å². The minimum Gasteiger partial charge on any atom is -0.268 e. The van der Waals surface area contributed by atoms with Crippen LogP contribution in [0.3, 0.4) is 0 Å². The van der Waals surface area contributed by atoms with Crippen LogP contribution in [0.2, 0.25) is 0 Å². The van der Waals surface area contributed by atoms with E-state index in [4.69, 9.17) is 5.26 Å². The zero-order valence-electron chi connectivity index (χ0n) is 11.0. The van der Waals surface area contributed by atoms with E-state index < -0.39 is 22.4 Å². The first-order chi connectivity index (χ1) is 10.5. The Morgan fingerprint density at radius 1 is 1.05 bits per heavy atom. The van der Waals surface area contributed by atoms with Crippen molar-refractivity contribution in [2.45, 2.75) is 0 Å². The Bertz CT molecular complexity index is 848. The third kappa shape index (κ3) is 1.83. The van der Waals surface area contributed by atoms with Gasteiger partial charge in [-0.25, -0.2) is 4.90 Å². The van der Waals surface area contributed by atoms with Crippen LogP contribution in [-0.2, 0) is 0 Å². The summed E-state index contributed by atoms with van der Waals surface area (Å²) in [4.78, 5) is 35.9. The average molecular weight is 293 g/mol. The maximum absolute atomic E-state index is 12.4. The Morgan fingerprint density at radius 3 is 2.14 bits per heavy atom. The summed E-state index contributed by atoms with van der Waals surface area (Å²) < 4.78 is 0. The van der Waals surface area contributed by atoms with Crippen molar-refractivity contribution in [1.82, 2.24) is 0 Å². The summed E-state index contributed by atoms with van der Waals surface area (Å²) >= 11 is 0. The second-order valence-electron chi connectivity index (χ2n) is 4.56.